The zero-order valence-electron chi connectivity index (χ0n) is 13.8. The van der Waals surface area contributed by atoms with E-state index in [1.807, 2.05) is 0 Å². The largest absolute Gasteiger partial charge is 0.475 e. The summed E-state index contributed by atoms with van der Waals surface area (Å²) in [5.74, 6) is -0.130. The van der Waals surface area contributed by atoms with Gasteiger partial charge >= 0.3 is 13.5 Å². The second-order valence-electron chi connectivity index (χ2n) is 6.15. The summed E-state index contributed by atoms with van der Waals surface area (Å²) in [4.78, 5) is 15.3. The number of alkyl halides is 3. The molecule has 13 heteroatoms. The number of phosphoric ester groups is 1. The number of fused-ring (bicyclic) bond motifs is 1. The van der Waals surface area contributed by atoms with Gasteiger partial charge in [-0.25, -0.2) is 22.5 Å². The number of nitrogen functional groups attached to an aromatic ring is 1. The number of hydrogen-bond donors (Lipinski definition) is 1. The molecule has 2 N–H and O–H groups in total. The Morgan fingerprint density at radius 2 is 2.19 bits per heavy atom. The summed E-state index contributed by atoms with van der Waals surface area (Å²) in [6.45, 7) is 2.09. The molecule has 0 aliphatic carbocycles. The predicted molar refractivity (Wildman–Crippen MR) is 81.3 cm³/mol. The molecule has 1 unspecified atom stereocenters. The normalized spacial score (nSPS) is 37.3. The van der Waals surface area contributed by atoms with Crippen molar-refractivity contribution in [1.82, 2.24) is 9.55 Å². The summed E-state index contributed by atoms with van der Waals surface area (Å²) in [6, 6.07) is 1.18. The van der Waals surface area contributed by atoms with Crippen LogP contribution in [0.1, 0.15) is 20.1 Å². The minimum absolute atomic E-state index is 0.130. The molecule has 0 bridgehead atoms. The highest BCUT2D eigenvalue weighted by Gasteiger charge is 2.68. The van der Waals surface area contributed by atoms with Crippen LogP contribution < -0.4 is 11.4 Å². The molecular formula is C13H17F3N3O6P. The number of anilines is 1. The predicted octanol–water partition coefficient (Wildman–Crippen LogP) is 1.64. The van der Waals surface area contributed by atoms with E-state index in [4.69, 9.17) is 24.0 Å². The lowest BCUT2D eigenvalue weighted by Crippen LogP contribution is -2.55. The number of rotatable bonds is 4. The number of ether oxygens (including phenoxy) is 1. The quantitative estimate of drug-likeness (QED) is 0.760. The van der Waals surface area contributed by atoms with Gasteiger partial charge in [-0.2, -0.15) is 4.98 Å². The van der Waals surface area contributed by atoms with Crippen LogP contribution in [0.5, 0.6) is 0 Å². The zero-order valence-corrected chi connectivity index (χ0v) is 14.6. The zero-order chi connectivity index (χ0) is 19.3. The van der Waals surface area contributed by atoms with E-state index in [-0.39, 0.29) is 5.82 Å². The lowest BCUT2D eigenvalue weighted by atomic mass is 9.97. The van der Waals surface area contributed by atoms with Gasteiger partial charge in [-0.1, -0.05) is 0 Å². The monoisotopic (exact) mass is 399 g/mol. The minimum Gasteiger partial charge on any atom is -0.383 e. The van der Waals surface area contributed by atoms with E-state index in [1.54, 1.807) is 0 Å². The standard InChI is InChI=1S/C13H17F3N3O6P/c1-6(2)24-26(21)22-5-13(11(15)16)9(25-26)8(14)10(23-13)19-4-3-7(17)18-12(19)20/h3-4,6,8-11H,5H2,1-2H3,(H2,17,18,20)/t8-,9-,10+,13+,26?/m1/s1. The van der Waals surface area contributed by atoms with Crippen molar-refractivity contribution in [2.24, 2.45) is 0 Å². The molecule has 0 spiro atoms. The molecule has 1 aromatic heterocycles. The molecular weight excluding hydrogens is 382 g/mol. The van der Waals surface area contributed by atoms with Gasteiger partial charge in [-0.05, 0) is 19.9 Å². The van der Waals surface area contributed by atoms with Gasteiger partial charge < -0.3 is 10.5 Å². The number of hydrogen-bond acceptors (Lipinski definition) is 8. The van der Waals surface area contributed by atoms with Gasteiger partial charge in [0.2, 0.25) is 0 Å². The van der Waals surface area contributed by atoms with E-state index in [9.17, 15) is 22.5 Å². The van der Waals surface area contributed by atoms with Gasteiger partial charge in [0.05, 0.1) is 12.7 Å². The molecule has 3 rings (SSSR count). The van der Waals surface area contributed by atoms with Crippen molar-refractivity contribution in [3.05, 3.63) is 22.7 Å². The number of nitrogens with zero attached hydrogens (tertiary/aromatic N) is 2. The van der Waals surface area contributed by atoms with Crippen molar-refractivity contribution in [2.45, 2.75) is 50.5 Å². The highest BCUT2D eigenvalue weighted by molar-refractivity contribution is 7.48. The summed E-state index contributed by atoms with van der Waals surface area (Å²) in [5, 5.41) is 0. The summed E-state index contributed by atoms with van der Waals surface area (Å²) >= 11 is 0. The Morgan fingerprint density at radius 3 is 2.77 bits per heavy atom. The maximum absolute atomic E-state index is 14.9. The maximum Gasteiger partial charge on any atom is 0.475 e. The van der Waals surface area contributed by atoms with Crippen LogP contribution in [-0.2, 0) is 22.9 Å². The second-order valence-corrected chi connectivity index (χ2v) is 7.73. The SMILES string of the molecule is CC(C)OP1(=O)OC[C@]2(C(F)F)O[C@H](n3ccc(N)nc3=O)[C@H](F)[C@H]2O1. The van der Waals surface area contributed by atoms with Crippen LogP contribution >= 0.6 is 7.82 Å². The van der Waals surface area contributed by atoms with Crippen molar-refractivity contribution in [3.8, 4) is 0 Å². The first-order chi connectivity index (χ1) is 12.1. The summed E-state index contributed by atoms with van der Waals surface area (Å²) in [7, 11) is -4.27. The Labute approximate surface area is 145 Å². The van der Waals surface area contributed by atoms with Gasteiger partial charge in [-0.3, -0.25) is 18.1 Å². The van der Waals surface area contributed by atoms with Gasteiger partial charge in [0.25, 0.3) is 6.43 Å². The van der Waals surface area contributed by atoms with Crippen molar-refractivity contribution in [3.63, 3.8) is 0 Å². The van der Waals surface area contributed by atoms with Crippen molar-refractivity contribution in [1.29, 1.82) is 0 Å². The topological polar surface area (TPSA) is 115 Å². The van der Waals surface area contributed by atoms with E-state index >= 15 is 0 Å². The van der Waals surface area contributed by atoms with E-state index < -0.39 is 56.8 Å². The van der Waals surface area contributed by atoms with Crippen LogP contribution in [0.2, 0.25) is 0 Å². The first-order valence-electron chi connectivity index (χ1n) is 7.64. The Morgan fingerprint density at radius 1 is 1.50 bits per heavy atom. The van der Waals surface area contributed by atoms with E-state index in [0.29, 0.717) is 4.57 Å². The smallest absolute Gasteiger partial charge is 0.383 e. The number of aromatic nitrogens is 2. The fourth-order valence-electron chi connectivity index (χ4n) is 2.77. The second kappa shape index (κ2) is 6.61. The third-order valence-corrected chi connectivity index (χ3v) is 5.52. The van der Waals surface area contributed by atoms with E-state index in [2.05, 4.69) is 4.98 Å². The molecule has 2 saturated heterocycles. The Balaban J connectivity index is 1.97. The van der Waals surface area contributed by atoms with Crippen LogP contribution in [-0.4, -0.2) is 46.6 Å². The van der Waals surface area contributed by atoms with Crippen LogP contribution in [0.25, 0.3) is 0 Å². The van der Waals surface area contributed by atoms with Crippen LogP contribution in [0.3, 0.4) is 0 Å². The van der Waals surface area contributed by atoms with Crippen molar-refractivity contribution >= 4 is 13.6 Å². The fourth-order valence-corrected chi connectivity index (χ4v) is 4.39. The molecule has 0 amide bonds. The number of nitrogens with two attached hydrogens (primary N) is 1. The molecule has 0 saturated carbocycles. The number of halogens is 3. The lowest BCUT2D eigenvalue weighted by Gasteiger charge is -2.39. The average molecular weight is 399 g/mol. The molecule has 2 fully saturated rings. The Kier molecular flexibility index (Phi) is 4.91. The van der Waals surface area contributed by atoms with Crippen LogP contribution in [0.4, 0.5) is 19.0 Å². The minimum atomic E-state index is -4.27. The first-order valence-corrected chi connectivity index (χ1v) is 9.10. The van der Waals surface area contributed by atoms with Crippen molar-refractivity contribution < 1.29 is 36.0 Å². The molecule has 3 heterocycles. The van der Waals surface area contributed by atoms with Gasteiger partial charge in [0.1, 0.15) is 11.9 Å². The molecule has 146 valence electrons. The molecule has 5 atom stereocenters. The molecule has 9 nitrogen and oxygen atoms in total. The van der Waals surface area contributed by atoms with Gasteiger partial charge in [-0.15, -0.1) is 0 Å². The van der Waals surface area contributed by atoms with Crippen LogP contribution in [0, 0.1) is 0 Å². The lowest BCUT2D eigenvalue weighted by molar-refractivity contribution is -0.208. The average Bonchev–Trinajstić information content (AvgIpc) is 2.80. The van der Waals surface area contributed by atoms with E-state index in [1.165, 1.54) is 19.9 Å². The summed E-state index contributed by atoms with van der Waals surface area (Å²) < 4.78 is 75.4. The first kappa shape index (κ1) is 19.3. The third kappa shape index (κ3) is 3.16. The summed E-state index contributed by atoms with van der Waals surface area (Å²) in [6.07, 6.45) is -8.84. The van der Waals surface area contributed by atoms with E-state index in [0.717, 1.165) is 6.20 Å². The maximum atomic E-state index is 14.9. The van der Waals surface area contributed by atoms with Crippen LogP contribution in [0.15, 0.2) is 17.1 Å². The molecule has 2 aliphatic heterocycles. The molecule has 0 radical (unpaired) electrons. The van der Waals surface area contributed by atoms with Gasteiger partial charge in [0, 0.05) is 6.20 Å². The van der Waals surface area contributed by atoms with Crippen molar-refractivity contribution in [2.75, 3.05) is 12.3 Å². The molecule has 2 aliphatic rings. The number of phosphoric acid groups is 1. The summed E-state index contributed by atoms with van der Waals surface area (Å²) in [5.41, 5.74) is 1.80. The molecule has 1 aromatic rings. The third-order valence-electron chi connectivity index (χ3n) is 3.91. The fraction of sp³-hybridized carbons (Fsp3) is 0.692. The Hall–Kier alpha value is -1.46. The van der Waals surface area contributed by atoms with Gasteiger partial charge in [0.15, 0.2) is 18.0 Å². The molecule has 0 aromatic carbocycles. The highest BCUT2D eigenvalue weighted by Crippen LogP contribution is 2.61. The highest BCUT2D eigenvalue weighted by atomic mass is 31.2. The Bertz CT molecular complexity index is 793. The molecule has 26 heavy (non-hydrogen) atoms.